The summed E-state index contributed by atoms with van der Waals surface area (Å²) in [6, 6.07) is 20.1. The molecule has 0 bridgehead atoms. The fourth-order valence-corrected chi connectivity index (χ4v) is 2.41. The Morgan fingerprint density at radius 1 is 1.08 bits per heavy atom. The summed E-state index contributed by atoms with van der Waals surface area (Å²) < 4.78 is 5.39. The van der Waals surface area contributed by atoms with Crippen molar-refractivity contribution in [1.82, 2.24) is 0 Å². The van der Waals surface area contributed by atoms with Gasteiger partial charge in [-0.15, -0.1) is 0 Å². The molecule has 0 saturated carbocycles. The molecule has 0 unspecified atom stereocenters. The lowest BCUT2D eigenvalue weighted by molar-refractivity contribution is 0.0983. The number of benzene rings is 2. The number of carbonyl (C=O) groups excluding carboxylic acids is 1. The van der Waals surface area contributed by atoms with Crippen molar-refractivity contribution in [3.05, 3.63) is 89.4 Å². The first-order valence-corrected chi connectivity index (χ1v) is 7.58. The summed E-state index contributed by atoms with van der Waals surface area (Å²) in [5.41, 5.74) is 2.98. The van der Waals surface area contributed by atoms with Crippen LogP contribution in [-0.4, -0.2) is 5.91 Å². The quantitative estimate of drug-likeness (QED) is 0.721. The maximum absolute atomic E-state index is 13.0. The number of furan rings is 1. The second-order valence-electron chi connectivity index (χ2n) is 5.50. The van der Waals surface area contributed by atoms with Gasteiger partial charge in [0, 0.05) is 11.3 Å². The molecule has 0 radical (unpaired) electrons. The van der Waals surface area contributed by atoms with Crippen molar-refractivity contribution in [1.29, 1.82) is 5.26 Å². The van der Waals surface area contributed by atoms with E-state index in [0.717, 1.165) is 11.3 Å². The highest BCUT2D eigenvalue weighted by Crippen LogP contribution is 2.21. The molecular weight excluding hydrogens is 300 g/mol. The Morgan fingerprint density at radius 2 is 1.79 bits per heavy atom. The first-order valence-electron chi connectivity index (χ1n) is 7.58. The third-order valence-electron chi connectivity index (χ3n) is 3.75. The molecule has 0 atom stereocenters. The van der Waals surface area contributed by atoms with Crippen LogP contribution in [0.3, 0.4) is 0 Å². The molecule has 1 heterocycles. The number of hydrogen-bond donors (Lipinski definition) is 0. The minimum absolute atomic E-state index is 0.139. The van der Waals surface area contributed by atoms with Crippen molar-refractivity contribution < 1.29 is 9.21 Å². The molecule has 0 saturated heterocycles. The number of anilines is 1. The van der Waals surface area contributed by atoms with Crippen molar-refractivity contribution in [3.8, 4) is 6.07 Å². The van der Waals surface area contributed by atoms with E-state index in [-0.39, 0.29) is 5.91 Å². The van der Waals surface area contributed by atoms with Gasteiger partial charge in [-0.1, -0.05) is 17.7 Å². The summed E-state index contributed by atoms with van der Waals surface area (Å²) in [6.45, 7) is 2.35. The van der Waals surface area contributed by atoms with E-state index in [4.69, 9.17) is 9.68 Å². The zero-order valence-corrected chi connectivity index (χ0v) is 13.3. The molecule has 2 aromatic carbocycles. The van der Waals surface area contributed by atoms with E-state index in [9.17, 15) is 4.79 Å². The number of aryl methyl sites for hydroxylation is 1. The lowest BCUT2D eigenvalue weighted by atomic mass is 10.1. The molecule has 1 amide bonds. The molecule has 1 aromatic heterocycles. The first kappa shape index (κ1) is 15.6. The van der Waals surface area contributed by atoms with Gasteiger partial charge >= 0.3 is 0 Å². The predicted octanol–water partition coefficient (Wildman–Crippen LogP) is 4.31. The Morgan fingerprint density at radius 3 is 2.38 bits per heavy atom. The molecule has 24 heavy (non-hydrogen) atoms. The Labute approximate surface area is 140 Å². The monoisotopic (exact) mass is 316 g/mol. The molecule has 118 valence electrons. The van der Waals surface area contributed by atoms with E-state index in [1.807, 2.05) is 37.3 Å². The Hall–Kier alpha value is -3.32. The van der Waals surface area contributed by atoms with Crippen LogP contribution in [0.25, 0.3) is 0 Å². The summed E-state index contributed by atoms with van der Waals surface area (Å²) in [5, 5.41) is 8.89. The highest BCUT2D eigenvalue weighted by molar-refractivity contribution is 6.06. The number of rotatable bonds is 4. The fourth-order valence-electron chi connectivity index (χ4n) is 2.41. The summed E-state index contributed by atoms with van der Waals surface area (Å²) in [7, 11) is 0. The number of hydrogen-bond acceptors (Lipinski definition) is 3. The van der Waals surface area contributed by atoms with Crippen molar-refractivity contribution in [3.63, 3.8) is 0 Å². The minimum atomic E-state index is -0.139. The number of nitrogens with zero attached hydrogens (tertiary/aromatic N) is 2. The van der Waals surface area contributed by atoms with Crippen LogP contribution in [-0.2, 0) is 6.54 Å². The molecule has 4 heteroatoms. The average molecular weight is 316 g/mol. The lowest BCUT2D eigenvalue weighted by Crippen LogP contribution is -2.30. The molecule has 0 aliphatic heterocycles. The summed E-state index contributed by atoms with van der Waals surface area (Å²) in [6.07, 6.45) is 1.59. The molecule has 0 aliphatic carbocycles. The first-order chi connectivity index (χ1) is 11.7. The van der Waals surface area contributed by atoms with Crippen LogP contribution < -0.4 is 4.90 Å². The molecule has 0 fully saturated rings. The fraction of sp³-hybridized carbons (Fsp3) is 0.100. The van der Waals surface area contributed by atoms with E-state index in [1.165, 1.54) is 0 Å². The Bertz CT molecular complexity index is 858. The molecule has 0 aliphatic rings. The number of carbonyl (C=O) groups is 1. The van der Waals surface area contributed by atoms with Crippen molar-refractivity contribution in [2.45, 2.75) is 13.5 Å². The topological polar surface area (TPSA) is 57.2 Å². The van der Waals surface area contributed by atoms with E-state index in [0.29, 0.717) is 23.4 Å². The molecule has 0 N–H and O–H groups in total. The summed E-state index contributed by atoms with van der Waals surface area (Å²) in [4.78, 5) is 14.6. The summed E-state index contributed by atoms with van der Waals surface area (Å²) >= 11 is 0. The van der Waals surface area contributed by atoms with Gasteiger partial charge in [-0.05, 0) is 55.5 Å². The van der Waals surface area contributed by atoms with Crippen molar-refractivity contribution >= 4 is 11.6 Å². The van der Waals surface area contributed by atoms with Gasteiger partial charge in [0.25, 0.3) is 5.91 Å². The highest BCUT2D eigenvalue weighted by atomic mass is 16.3. The molecule has 3 aromatic rings. The van der Waals surface area contributed by atoms with Gasteiger partial charge in [-0.2, -0.15) is 5.26 Å². The zero-order chi connectivity index (χ0) is 16.9. The van der Waals surface area contributed by atoms with Crippen LogP contribution in [0.2, 0.25) is 0 Å². The highest BCUT2D eigenvalue weighted by Gasteiger charge is 2.19. The van der Waals surface area contributed by atoms with E-state index in [1.54, 1.807) is 41.5 Å². The Kier molecular flexibility index (Phi) is 4.44. The van der Waals surface area contributed by atoms with E-state index in [2.05, 4.69) is 6.07 Å². The number of nitriles is 1. The van der Waals surface area contributed by atoms with Gasteiger partial charge in [0.2, 0.25) is 0 Å². The van der Waals surface area contributed by atoms with Gasteiger partial charge in [-0.25, -0.2) is 0 Å². The predicted molar refractivity (Wildman–Crippen MR) is 91.6 cm³/mol. The largest absolute Gasteiger partial charge is 0.467 e. The third-order valence-corrected chi connectivity index (χ3v) is 3.75. The average Bonchev–Trinajstić information content (AvgIpc) is 3.13. The maximum Gasteiger partial charge on any atom is 0.258 e. The standard InChI is InChI=1S/C20H16N2O2/c1-15-4-10-18(11-5-15)22(14-19-3-2-12-24-19)20(23)17-8-6-16(13-21)7-9-17/h2-12H,14H2,1H3. The molecule has 4 nitrogen and oxygen atoms in total. The minimum Gasteiger partial charge on any atom is -0.467 e. The Balaban J connectivity index is 1.94. The van der Waals surface area contributed by atoms with Gasteiger partial charge in [-0.3, -0.25) is 4.79 Å². The van der Waals surface area contributed by atoms with Crippen LogP contribution in [0, 0.1) is 18.3 Å². The van der Waals surface area contributed by atoms with Crippen LogP contribution in [0.5, 0.6) is 0 Å². The van der Waals surface area contributed by atoms with Crippen LogP contribution in [0.1, 0.15) is 27.2 Å². The second-order valence-corrected chi connectivity index (χ2v) is 5.50. The van der Waals surface area contributed by atoms with Crippen molar-refractivity contribution in [2.24, 2.45) is 0 Å². The van der Waals surface area contributed by atoms with E-state index < -0.39 is 0 Å². The van der Waals surface area contributed by atoms with Crippen molar-refractivity contribution in [2.75, 3.05) is 4.90 Å². The van der Waals surface area contributed by atoms with Gasteiger partial charge in [0.1, 0.15) is 5.76 Å². The summed E-state index contributed by atoms with van der Waals surface area (Å²) in [5.74, 6) is 0.567. The second kappa shape index (κ2) is 6.84. The van der Waals surface area contributed by atoms with E-state index >= 15 is 0 Å². The maximum atomic E-state index is 13.0. The number of amides is 1. The van der Waals surface area contributed by atoms with Crippen LogP contribution >= 0.6 is 0 Å². The zero-order valence-electron chi connectivity index (χ0n) is 13.3. The van der Waals surface area contributed by atoms with Gasteiger partial charge in [0.15, 0.2) is 0 Å². The molecule has 0 spiro atoms. The molecular formula is C20H16N2O2. The third kappa shape index (κ3) is 3.36. The smallest absolute Gasteiger partial charge is 0.258 e. The molecule has 3 rings (SSSR count). The lowest BCUT2D eigenvalue weighted by Gasteiger charge is -2.22. The normalized spacial score (nSPS) is 10.2. The SMILES string of the molecule is Cc1ccc(N(Cc2ccco2)C(=O)c2ccc(C#N)cc2)cc1. The van der Waals surface area contributed by atoms with Crippen LogP contribution in [0.4, 0.5) is 5.69 Å². The van der Waals surface area contributed by atoms with Gasteiger partial charge < -0.3 is 9.32 Å². The van der Waals surface area contributed by atoms with Gasteiger partial charge in [0.05, 0.1) is 24.4 Å². The van der Waals surface area contributed by atoms with Crippen LogP contribution in [0.15, 0.2) is 71.3 Å².